The first-order chi connectivity index (χ1) is 15.7. The number of aromatic nitrogens is 3. The predicted octanol–water partition coefficient (Wildman–Crippen LogP) is 4.22. The molecule has 0 N–H and O–H groups in total. The van der Waals surface area contributed by atoms with Crippen LogP contribution < -0.4 is 4.90 Å². The summed E-state index contributed by atoms with van der Waals surface area (Å²) in [7, 11) is 0. The fourth-order valence-electron chi connectivity index (χ4n) is 3.69. The Hall–Kier alpha value is -3.91. The van der Waals surface area contributed by atoms with Crippen molar-refractivity contribution in [3.63, 3.8) is 0 Å². The van der Waals surface area contributed by atoms with Gasteiger partial charge in [0, 0.05) is 17.8 Å². The molecular formula is C24H18N4O3S. The molecule has 2 aromatic heterocycles. The first-order valence-electron chi connectivity index (χ1n) is 10.1. The Morgan fingerprint density at radius 2 is 1.53 bits per heavy atom. The summed E-state index contributed by atoms with van der Waals surface area (Å²) in [5, 5.41) is 2.09. The molecule has 32 heavy (non-hydrogen) atoms. The summed E-state index contributed by atoms with van der Waals surface area (Å²) < 4.78 is 5.34. The number of hydrogen-bond donors (Lipinski definition) is 0. The number of hydrogen-bond acceptors (Lipinski definition) is 7. The van der Waals surface area contributed by atoms with E-state index in [0.717, 1.165) is 35.3 Å². The summed E-state index contributed by atoms with van der Waals surface area (Å²) >= 11 is 1.25. The van der Waals surface area contributed by atoms with Gasteiger partial charge in [-0.3, -0.25) is 9.69 Å². The lowest BCUT2D eigenvalue weighted by atomic mass is 10.0. The van der Waals surface area contributed by atoms with Gasteiger partial charge in [0.05, 0.1) is 11.4 Å². The molecule has 0 atom stereocenters. The van der Waals surface area contributed by atoms with Crippen LogP contribution in [0.5, 0.6) is 0 Å². The lowest BCUT2D eigenvalue weighted by Gasteiger charge is -2.24. The van der Waals surface area contributed by atoms with Gasteiger partial charge in [0.15, 0.2) is 23.1 Å². The standard InChI is InChI=1S/C24H18N4O3S/c29-21(14-31-24(30)18-15-32-23(27-18)22-25-12-5-13-26-22)28-19-8-3-1-6-16(19)10-11-17-7-2-4-9-20(17)28/h1-9,12-13,15H,10-11,14H2. The van der Waals surface area contributed by atoms with Crippen LogP contribution in [0, 0.1) is 0 Å². The van der Waals surface area contributed by atoms with Gasteiger partial charge in [-0.1, -0.05) is 36.4 Å². The first kappa shape index (κ1) is 20.0. The quantitative estimate of drug-likeness (QED) is 0.440. The number of carbonyl (C=O) groups excluding carboxylic acids is 2. The molecule has 7 nitrogen and oxygen atoms in total. The second kappa shape index (κ2) is 8.68. The van der Waals surface area contributed by atoms with Gasteiger partial charge in [-0.05, 0) is 42.2 Å². The molecule has 0 spiro atoms. The van der Waals surface area contributed by atoms with Crippen LogP contribution in [-0.2, 0) is 22.4 Å². The van der Waals surface area contributed by atoms with Crippen LogP contribution in [0.2, 0.25) is 0 Å². The second-order valence-electron chi connectivity index (χ2n) is 7.17. The van der Waals surface area contributed by atoms with Crippen molar-refractivity contribution in [2.45, 2.75) is 12.8 Å². The number of esters is 1. The number of nitrogens with zero attached hydrogens (tertiary/aromatic N) is 4. The molecule has 1 amide bonds. The summed E-state index contributed by atoms with van der Waals surface area (Å²) in [4.78, 5) is 40.0. The van der Waals surface area contributed by atoms with Gasteiger partial charge in [0.1, 0.15) is 0 Å². The van der Waals surface area contributed by atoms with E-state index >= 15 is 0 Å². The van der Waals surface area contributed by atoms with Crippen molar-refractivity contribution in [3.05, 3.63) is 89.2 Å². The fourth-order valence-corrected chi connectivity index (χ4v) is 4.43. The van der Waals surface area contributed by atoms with Crippen molar-refractivity contribution in [3.8, 4) is 10.8 Å². The van der Waals surface area contributed by atoms with Gasteiger partial charge < -0.3 is 4.74 Å². The summed E-state index contributed by atoms with van der Waals surface area (Å²) in [6.07, 6.45) is 4.88. The van der Waals surface area contributed by atoms with Gasteiger partial charge >= 0.3 is 5.97 Å². The molecule has 158 valence electrons. The van der Waals surface area contributed by atoms with E-state index in [0.29, 0.717) is 10.8 Å². The van der Waals surface area contributed by atoms with Crippen LogP contribution >= 0.6 is 11.3 Å². The third-order valence-corrected chi connectivity index (χ3v) is 6.01. The van der Waals surface area contributed by atoms with Gasteiger partial charge in [-0.25, -0.2) is 19.7 Å². The molecular weight excluding hydrogens is 424 g/mol. The lowest BCUT2D eigenvalue weighted by molar-refractivity contribution is -0.121. The molecule has 1 aliphatic heterocycles. The zero-order valence-electron chi connectivity index (χ0n) is 17.0. The Labute approximate surface area is 188 Å². The second-order valence-corrected chi connectivity index (χ2v) is 8.03. The van der Waals surface area contributed by atoms with Crippen LogP contribution in [0.1, 0.15) is 21.6 Å². The SMILES string of the molecule is O=C(OCC(=O)N1c2ccccc2CCc2ccccc21)c1csc(-c2ncccn2)n1. The minimum Gasteiger partial charge on any atom is -0.451 e. The van der Waals surface area contributed by atoms with E-state index in [9.17, 15) is 9.59 Å². The summed E-state index contributed by atoms with van der Waals surface area (Å²) in [6, 6.07) is 17.3. The third kappa shape index (κ3) is 3.88. The molecule has 0 radical (unpaired) electrons. The summed E-state index contributed by atoms with van der Waals surface area (Å²) in [6.45, 7) is -0.393. The Morgan fingerprint density at radius 1 is 0.906 bits per heavy atom. The number of anilines is 2. The zero-order chi connectivity index (χ0) is 21.9. The first-order valence-corrected chi connectivity index (χ1v) is 11.0. The maximum atomic E-state index is 13.2. The normalized spacial score (nSPS) is 12.4. The van der Waals surface area contributed by atoms with Crippen LogP contribution in [0.25, 0.3) is 10.8 Å². The molecule has 4 aromatic rings. The minimum atomic E-state index is -0.659. The molecule has 0 saturated heterocycles. The number of ether oxygens (including phenoxy) is 1. The highest BCUT2D eigenvalue weighted by molar-refractivity contribution is 7.13. The molecule has 3 heterocycles. The predicted molar refractivity (Wildman–Crippen MR) is 121 cm³/mol. The smallest absolute Gasteiger partial charge is 0.358 e. The molecule has 0 fully saturated rings. The number of carbonyl (C=O) groups is 2. The largest absolute Gasteiger partial charge is 0.451 e. The van der Waals surface area contributed by atoms with Crippen molar-refractivity contribution < 1.29 is 14.3 Å². The molecule has 0 aliphatic carbocycles. The Bertz CT molecular complexity index is 1240. The molecule has 8 heteroatoms. The van der Waals surface area contributed by atoms with Crippen molar-refractivity contribution in [1.82, 2.24) is 15.0 Å². The van der Waals surface area contributed by atoms with Crippen LogP contribution in [-0.4, -0.2) is 33.4 Å². The maximum absolute atomic E-state index is 13.2. The number of para-hydroxylation sites is 2. The molecule has 1 aliphatic rings. The van der Waals surface area contributed by atoms with Gasteiger partial charge in [-0.2, -0.15) is 0 Å². The highest BCUT2D eigenvalue weighted by Crippen LogP contribution is 2.36. The zero-order valence-corrected chi connectivity index (χ0v) is 17.8. The lowest BCUT2D eigenvalue weighted by Crippen LogP contribution is -2.31. The van der Waals surface area contributed by atoms with Crippen LogP contribution in [0.3, 0.4) is 0 Å². The van der Waals surface area contributed by atoms with Crippen LogP contribution in [0.4, 0.5) is 11.4 Å². The van der Waals surface area contributed by atoms with E-state index in [1.165, 1.54) is 11.3 Å². The van der Waals surface area contributed by atoms with Gasteiger partial charge in [0.25, 0.3) is 5.91 Å². The molecule has 0 saturated carbocycles. The van der Waals surface area contributed by atoms with Crippen molar-refractivity contribution in [1.29, 1.82) is 0 Å². The molecule has 5 rings (SSSR count). The number of amides is 1. The number of benzene rings is 2. The molecule has 2 aromatic carbocycles. The molecule has 0 bridgehead atoms. The van der Waals surface area contributed by atoms with E-state index in [4.69, 9.17) is 4.74 Å². The number of rotatable bonds is 4. The van der Waals surface area contributed by atoms with Crippen molar-refractivity contribution in [2.75, 3.05) is 11.5 Å². The Balaban J connectivity index is 1.36. The van der Waals surface area contributed by atoms with E-state index in [-0.39, 0.29) is 11.6 Å². The maximum Gasteiger partial charge on any atom is 0.358 e. The van der Waals surface area contributed by atoms with Crippen molar-refractivity contribution >= 4 is 34.6 Å². The summed E-state index contributed by atoms with van der Waals surface area (Å²) in [5.41, 5.74) is 3.92. The average Bonchev–Trinajstić information content (AvgIpc) is 3.27. The average molecular weight is 443 g/mol. The summed E-state index contributed by atoms with van der Waals surface area (Å²) in [5.74, 6) is -0.541. The van der Waals surface area contributed by atoms with Crippen LogP contribution in [0.15, 0.2) is 72.4 Å². The topological polar surface area (TPSA) is 85.3 Å². The third-order valence-electron chi connectivity index (χ3n) is 5.18. The highest BCUT2D eigenvalue weighted by Gasteiger charge is 2.26. The Morgan fingerprint density at radius 3 is 2.19 bits per heavy atom. The van der Waals surface area contributed by atoms with Gasteiger partial charge in [0.2, 0.25) is 0 Å². The molecule has 0 unspecified atom stereocenters. The van der Waals surface area contributed by atoms with E-state index < -0.39 is 12.6 Å². The van der Waals surface area contributed by atoms with E-state index in [1.807, 2.05) is 48.5 Å². The number of fused-ring (bicyclic) bond motifs is 2. The van der Waals surface area contributed by atoms with Crippen molar-refractivity contribution in [2.24, 2.45) is 0 Å². The number of thiazole rings is 1. The Kier molecular flexibility index (Phi) is 5.43. The van der Waals surface area contributed by atoms with E-state index in [2.05, 4.69) is 15.0 Å². The highest BCUT2D eigenvalue weighted by atomic mass is 32.1. The van der Waals surface area contributed by atoms with E-state index in [1.54, 1.807) is 28.7 Å². The monoisotopic (exact) mass is 442 g/mol. The number of aryl methyl sites for hydroxylation is 2. The fraction of sp³-hybridized carbons (Fsp3) is 0.125. The minimum absolute atomic E-state index is 0.127. The van der Waals surface area contributed by atoms with Gasteiger partial charge in [-0.15, -0.1) is 11.3 Å².